The van der Waals surface area contributed by atoms with Crippen LogP contribution >= 0.6 is 11.8 Å². The molecule has 1 fully saturated rings. The summed E-state index contributed by atoms with van der Waals surface area (Å²) >= 11 is 1.24. The highest BCUT2D eigenvalue weighted by molar-refractivity contribution is 7.99. The van der Waals surface area contributed by atoms with Gasteiger partial charge in [0.2, 0.25) is 5.91 Å². The minimum Gasteiger partial charge on any atom is -0.349 e. The molecule has 32 heavy (non-hydrogen) atoms. The van der Waals surface area contributed by atoms with Gasteiger partial charge in [-0.3, -0.25) is 14.2 Å². The number of hydrogen-bond acceptors (Lipinski definition) is 4. The number of amides is 1. The number of benzene rings is 2. The van der Waals surface area contributed by atoms with Gasteiger partial charge in [-0.05, 0) is 49.1 Å². The lowest BCUT2D eigenvalue weighted by molar-refractivity contribution is -0.129. The molecule has 4 aromatic rings. The Morgan fingerprint density at radius 2 is 1.88 bits per heavy atom. The molecule has 1 aliphatic rings. The Labute approximate surface area is 188 Å². The van der Waals surface area contributed by atoms with Crippen LogP contribution in [0, 0.1) is 11.7 Å². The predicted molar refractivity (Wildman–Crippen MR) is 125 cm³/mol. The monoisotopic (exact) mass is 450 g/mol. The van der Waals surface area contributed by atoms with E-state index in [4.69, 9.17) is 4.98 Å². The average Bonchev–Trinajstić information content (AvgIpc) is 3.18. The van der Waals surface area contributed by atoms with Crippen molar-refractivity contribution < 1.29 is 9.18 Å². The molecule has 0 aliphatic carbocycles. The number of carbonyl (C=O) groups excluding carboxylic acids is 1. The van der Waals surface area contributed by atoms with Gasteiger partial charge in [0, 0.05) is 24.0 Å². The van der Waals surface area contributed by atoms with Crippen LogP contribution in [0.25, 0.3) is 27.6 Å². The van der Waals surface area contributed by atoms with E-state index in [0.717, 1.165) is 36.8 Å². The van der Waals surface area contributed by atoms with Gasteiger partial charge in [0.15, 0.2) is 5.16 Å². The van der Waals surface area contributed by atoms with Crippen molar-refractivity contribution in [1.29, 1.82) is 0 Å². The zero-order chi connectivity index (χ0) is 22.2. The van der Waals surface area contributed by atoms with E-state index >= 15 is 0 Å². The molecule has 164 valence electrons. The largest absolute Gasteiger partial charge is 0.349 e. The standard InChI is InChI=1S/C24H23FN4O2S/c1-15-10-12-28(13-11-15)20(30)14-32-24-27-21-18-4-2-3-5-19(18)26-22(21)23(31)29(24)17-8-6-16(25)7-9-17/h2-9,15,26H,10-14H2,1H3. The number of halogens is 1. The Hall–Kier alpha value is -3.13. The fraction of sp³-hybridized carbons (Fsp3) is 0.292. The number of aromatic nitrogens is 3. The molecule has 1 saturated heterocycles. The number of carbonyl (C=O) groups is 1. The number of thioether (sulfide) groups is 1. The van der Waals surface area contributed by atoms with Crippen LogP contribution in [-0.2, 0) is 4.79 Å². The van der Waals surface area contributed by atoms with Crippen molar-refractivity contribution in [2.24, 2.45) is 5.92 Å². The molecule has 6 nitrogen and oxygen atoms in total. The molecule has 1 amide bonds. The molecule has 2 aromatic heterocycles. The van der Waals surface area contributed by atoms with Crippen molar-refractivity contribution >= 4 is 39.6 Å². The van der Waals surface area contributed by atoms with E-state index in [0.29, 0.717) is 27.8 Å². The third-order valence-corrected chi connectivity index (χ3v) is 6.96. The summed E-state index contributed by atoms with van der Waals surface area (Å²) in [6.07, 6.45) is 2.02. The van der Waals surface area contributed by atoms with E-state index in [2.05, 4.69) is 11.9 Å². The summed E-state index contributed by atoms with van der Waals surface area (Å²) in [5, 5.41) is 1.27. The minimum absolute atomic E-state index is 0.0424. The maximum absolute atomic E-state index is 13.5. The first-order chi connectivity index (χ1) is 15.5. The van der Waals surface area contributed by atoms with Gasteiger partial charge in [-0.15, -0.1) is 0 Å². The van der Waals surface area contributed by atoms with Crippen LogP contribution in [0.5, 0.6) is 0 Å². The normalized spacial score (nSPS) is 15.0. The van der Waals surface area contributed by atoms with Crippen LogP contribution < -0.4 is 5.56 Å². The number of rotatable bonds is 4. The highest BCUT2D eigenvalue weighted by Crippen LogP contribution is 2.27. The number of aromatic amines is 1. The Bertz CT molecular complexity index is 1350. The maximum atomic E-state index is 13.5. The van der Waals surface area contributed by atoms with Crippen molar-refractivity contribution in [3.8, 4) is 5.69 Å². The SMILES string of the molecule is CC1CCN(C(=O)CSc2nc3c([nH]c4ccccc43)c(=O)n2-c2ccc(F)cc2)CC1. The van der Waals surface area contributed by atoms with Crippen LogP contribution in [0.15, 0.2) is 58.5 Å². The van der Waals surface area contributed by atoms with Gasteiger partial charge < -0.3 is 9.88 Å². The van der Waals surface area contributed by atoms with Gasteiger partial charge in [0.05, 0.1) is 11.4 Å². The first-order valence-corrected chi connectivity index (χ1v) is 11.7. The van der Waals surface area contributed by atoms with Crippen LogP contribution in [0.2, 0.25) is 0 Å². The van der Waals surface area contributed by atoms with Crippen LogP contribution in [0.4, 0.5) is 4.39 Å². The molecule has 5 rings (SSSR count). The van der Waals surface area contributed by atoms with Crippen molar-refractivity contribution in [3.05, 3.63) is 64.7 Å². The quantitative estimate of drug-likeness (QED) is 0.371. The van der Waals surface area contributed by atoms with E-state index in [-0.39, 0.29) is 23.0 Å². The van der Waals surface area contributed by atoms with Crippen LogP contribution in [0.1, 0.15) is 19.8 Å². The molecule has 0 saturated carbocycles. The topological polar surface area (TPSA) is 71.0 Å². The Balaban J connectivity index is 1.56. The van der Waals surface area contributed by atoms with Crippen molar-refractivity contribution in [1.82, 2.24) is 19.4 Å². The Kier molecular flexibility index (Phi) is 5.46. The summed E-state index contributed by atoms with van der Waals surface area (Å²) < 4.78 is 15.0. The molecule has 0 atom stereocenters. The molecule has 1 N–H and O–H groups in total. The summed E-state index contributed by atoms with van der Waals surface area (Å²) in [7, 11) is 0. The Morgan fingerprint density at radius 1 is 1.16 bits per heavy atom. The molecule has 1 aliphatic heterocycles. The zero-order valence-electron chi connectivity index (χ0n) is 17.7. The van der Waals surface area contributed by atoms with Gasteiger partial charge in [-0.1, -0.05) is 36.9 Å². The third-order valence-electron chi connectivity index (χ3n) is 6.04. The number of para-hydroxylation sites is 1. The van der Waals surface area contributed by atoms with E-state index in [1.54, 1.807) is 12.1 Å². The molecule has 2 aromatic carbocycles. The minimum atomic E-state index is -0.384. The maximum Gasteiger partial charge on any atom is 0.283 e. The number of nitrogens with zero attached hydrogens (tertiary/aromatic N) is 3. The lowest BCUT2D eigenvalue weighted by Gasteiger charge is -2.30. The summed E-state index contributed by atoms with van der Waals surface area (Å²) in [5.41, 5.74) is 2.01. The zero-order valence-corrected chi connectivity index (χ0v) is 18.5. The van der Waals surface area contributed by atoms with Gasteiger partial charge in [-0.2, -0.15) is 0 Å². The second-order valence-electron chi connectivity index (χ2n) is 8.26. The second kappa shape index (κ2) is 8.43. The molecule has 0 spiro atoms. The van der Waals surface area contributed by atoms with Crippen molar-refractivity contribution in [2.75, 3.05) is 18.8 Å². The molecule has 0 bridgehead atoms. The first kappa shape index (κ1) is 20.8. The van der Waals surface area contributed by atoms with E-state index in [1.807, 2.05) is 29.2 Å². The van der Waals surface area contributed by atoms with Crippen LogP contribution in [0.3, 0.4) is 0 Å². The predicted octanol–water partition coefficient (Wildman–Crippen LogP) is 4.36. The van der Waals surface area contributed by atoms with Gasteiger partial charge in [0.1, 0.15) is 16.9 Å². The Morgan fingerprint density at radius 3 is 2.62 bits per heavy atom. The second-order valence-corrected chi connectivity index (χ2v) is 9.20. The third kappa shape index (κ3) is 3.79. The summed E-state index contributed by atoms with van der Waals surface area (Å²) in [4.78, 5) is 36.1. The number of fused-ring (bicyclic) bond motifs is 3. The molecular formula is C24H23FN4O2S. The van der Waals surface area contributed by atoms with E-state index in [9.17, 15) is 14.0 Å². The average molecular weight is 451 g/mol. The summed E-state index contributed by atoms with van der Waals surface area (Å²) in [6.45, 7) is 3.73. The molecule has 8 heteroatoms. The molecule has 0 unspecified atom stereocenters. The number of likely N-dealkylation sites (tertiary alicyclic amines) is 1. The van der Waals surface area contributed by atoms with E-state index in [1.165, 1.54) is 28.5 Å². The van der Waals surface area contributed by atoms with Crippen LogP contribution in [-0.4, -0.2) is 44.2 Å². The highest BCUT2D eigenvalue weighted by Gasteiger charge is 2.22. The number of hydrogen-bond donors (Lipinski definition) is 1. The van der Waals surface area contributed by atoms with Gasteiger partial charge >= 0.3 is 0 Å². The number of piperidine rings is 1. The highest BCUT2D eigenvalue weighted by atomic mass is 32.2. The van der Waals surface area contributed by atoms with Gasteiger partial charge in [-0.25, -0.2) is 9.37 Å². The van der Waals surface area contributed by atoms with Gasteiger partial charge in [0.25, 0.3) is 5.56 Å². The summed E-state index contributed by atoms with van der Waals surface area (Å²) in [6, 6.07) is 13.3. The summed E-state index contributed by atoms with van der Waals surface area (Å²) in [5.74, 6) is 0.489. The molecule has 0 radical (unpaired) electrons. The number of H-pyrrole nitrogens is 1. The molecular weight excluding hydrogens is 427 g/mol. The fourth-order valence-electron chi connectivity index (χ4n) is 4.13. The smallest absolute Gasteiger partial charge is 0.283 e. The lowest BCUT2D eigenvalue weighted by atomic mass is 9.99. The first-order valence-electron chi connectivity index (χ1n) is 10.7. The number of nitrogens with one attached hydrogen (secondary N) is 1. The molecule has 3 heterocycles. The fourth-order valence-corrected chi connectivity index (χ4v) is 5.04. The van der Waals surface area contributed by atoms with Crippen molar-refractivity contribution in [3.63, 3.8) is 0 Å². The van der Waals surface area contributed by atoms with E-state index < -0.39 is 0 Å². The van der Waals surface area contributed by atoms with Crippen molar-refractivity contribution in [2.45, 2.75) is 24.9 Å². The lowest BCUT2D eigenvalue weighted by Crippen LogP contribution is -2.39.